The number of ether oxygens (including phenoxy) is 2. The van der Waals surface area contributed by atoms with E-state index in [0.29, 0.717) is 29.4 Å². The molecule has 1 N–H and O–H groups in total. The third-order valence-corrected chi connectivity index (χ3v) is 4.59. The molecule has 156 valence electrons. The second-order valence-electron chi connectivity index (χ2n) is 6.94. The fourth-order valence-electron chi connectivity index (χ4n) is 3.20. The van der Waals surface area contributed by atoms with E-state index in [1.54, 1.807) is 6.07 Å². The van der Waals surface area contributed by atoms with Crippen molar-refractivity contribution in [2.45, 2.75) is 33.3 Å². The van der Waals surface area contributed by atoms with Gasteiger partial charge < -0.3 is 14.8 Å². The first-order chi connectivity index (χ1) is 14.3. The summed E-state index contributed by atoms with van der Waals surface area (Å²) in [6, 6.07) is 9.01. The van der Waals surface area contributed by atoms with Gasteiger partial charge >= 0.3 is 0 Å². The summed E-state index contributed by atoms with van der Waals surface area (Å²) in [5.74, 6) is 0.229. The van der Waals surface area contributed by atoms with Crippen LogP contribution in [0.1, 0.15) is 31.9 Å². The molecule has 0 bridgehead atoms. The number of amides is 1. The topological polar surface area (TPSA) is 108 Å². The van der Waals surface area contributed by atoms with Crippen LogP contribution in [0.25, 0.3) is 6.08 Å². The number of nitrogens with one attached hydrogen (secondary N) is 1. The summed E-state index contributed by atoms with van der Waals surface area (Å²) < 4.78 is 11.5. The average Bonchev–Trinajstić information content (AvgIpc) is 3.05. The van der Waals surface area contributed by atoms with E-state index < -0.39 is 16.6 Å². The van der Waals surface area contributed by atoms with Crippen LogP contribution in [-0.4, -0.2) is 29.3 Å². The van der Waals surface area contributed by atoms with Crippen LogP contribution in [0, 0.1) is 10.1 Å². The fourth-order valence-corrected chi connectivity index (χ4v) is 3.20. The summed E-state index contributed by atoms with van der Waals surface area (Å²) in [6.45, 7) is 5.55. The van der Waals surface area contributed by atoms with Crippen LogP contribution in [0.3, 0.4) is 0 Å². The van der Waals surface area contributed by atoms with E-state index in [-0.39, 0.29) is 17.4 Å². The Morgan fingerprint density at radius 1 is 1.30 bits per heavy atom. The summed E-state index contributed by atoms with van der Waals surface area (Å²) in [6.07, 6.45) is 2.28. The molecular formula is C22H22N2O6. The van der Waals surface area contributed by atoms with Crippen molar-refractivity contribution in [2.75, 3.05) is 11.9 Å². The maximum Gasteiger partial charge on any atom is 0.269 e. The number of non-ortho nitro benzene ring substituents is 1. The number of carbonyl (C=O) groups excluding carboxylic acids is 2. The van der Waals surface area contributed by atoms with Gasteiger partial charge in [0.2, 0.25) is 0 Å². The SMILES string of the molecule is CCOc1cc2c(cc1/C=C(\C(C)=O)C(=O)Nc1ccc([N+](=O)[O-])cc1)O[C@@H](C)C2. The number of rotatable bonds is 7. The Morgan fingerprint density at radius 2 is 2.00 bits per heavy atom. The van der Waals surface area contributed by atoms with Crippen molar-refractivity contribution in [3.05, 3.63) is 63.2 Å². The first-order valence-corrected chi connectivity index (χ1v) is 9.53. The molecule has 30 heavy (non-hydrogen) atoms. The molecule has 0 saturated carbocycles. The lowest BCUT2D eigenvalue weighted by Crippen LogP contribution is -2.19. The number of fused-ring (bicyclic) bond motifs is 1. The summed E-state index contributed by atoms with van der Waals surface area (Å²) in [5.41, 5.74) is 1.76. The Hall–Kier alpha value is -3.68. The zero-order valence-corrected chi connectivity index (χ0v) is 16.9. The largest absolute Gasteiger partial charge is 0.493 e. The Kier molecular flexibility index (Phi) is 6.15. The van der Waals surface area contributed by atoms with Gasteiger partial charge in [0.1, 0.15) is 17.6 Å². The van der Waals surface area contributed by atoms with Crippen LogP contribution in [0.15, 0.2) is 42.0 Å². The molecule has 1 atom stereocenters. The minimum absolute atomic E-state index is 0.0476. The number of Topliss-reactive ketones (excluding diaryl/α,β-unsaturated/α-hetero) is 1. The number of nitro groups is 1. The van der Waals surface area contributed by atoms with Crippen molar-refractivity contribution >= 4 is 29.1 Å². The van der Waals surface area contributed by atoms with E-state index in [2.05, 4.69) is 5.32 Å². The number of hydrogen-bond donors (Lipinski definition) is 1. The predicted octanol–water partition coefficient (Wildman–Crippen LogP) is 3.93. The highest BCUT2D eigenvalue weighted by atomic mass is 16.6. The van der Waals surface area contributed by atoms with Gasteiger partial charge in [0.25, 0.3) is 11.6 Å². The van der Waals surface area contributed by atoms with Gasteiger partial charge in [0, 0.05) is 35.4 Å². The monoisotopic (exact) mass is 410 g/mol. The summed E-state index contributed by atoms with van der Waals surface area (Å²) in [5, 5.41) is 13.4. The number of benzene rings is 2. The van der Waals surface area contributed by atoms with Crippen molar-refractivity contribution in [3.8, 4) is 11.5 Å². The molecule has 0 spiro atoms. The smallest absolute Gasteiger partial charge is 0.269 e. The lowest BCUT2D eigenvalue weighted by Gasteiger charge is -2.12. The van der Waals surface area contributed by atoms with E-state index in [1.165, 1.54) is 37.3 Å². The molecule has 2 aromatic carbocycles. The van der Waals surface area contributed by atoms with Gasteiger partial charge in [-0.05, 0) is 51.1 Å². The molecule has 3 rings (SSSR count). The van der Waals surface area contributed by atoms with Gasteiger partial charge in [-0.1, -0.05) is 0 Å². The standard InChI is InChI=1S/C22H22N2O6/c1-4-29-20-11-15-9-13(2)30-21(15)12-16(20)10-19(14(3)25)22(26)23-17-5-7-18(8-6-17)24(27)28/h5-8,10-13H,4,9H2,1-3H3,(H,23,26)/b19-10+/t13-/m0/s1. The lowest BCUT2D eigenvalue weighted by molar-refractivity contribution is -0.384. The Balaban J connectivity index is 1.92. The molecule has 0 saturated heterocycles. The van der Waals surface area contributed by atoms with Gasteiger partial charge in [0.15, 0.2) is 5.78 Å². The summed E-state index contributed by atoms with van der Waals surface area (Å²) in [4.78, 5) is 35.1. The maximum atomic E-state index is 12.7. The first-order valence-electron chi connectivity index (χ1n) is 9.53. The Bertz CT molecular complexity index is 1030. The van der Waals surface area contributed by atoms with Crippen LogP contribution in [0.2, 0.25) is 0 Å². The van der Waals surface area contributed by atoms with E-state index in [4.69, 9.17) is 9.47 Å². The normalized spacial score (nSPS) is 15.2. The number of hydrogen-bond acceptors (Lipinski definition) is 6. The zero-order valence-electron chi connectivity index (χ0n) is 16.9. The van der Waals surface area contributed by atoms with Crippen molar-refractivity contribution in [2.24, 2.45) is 0 Å². The van der Waals surface area contributed by atoms with E-state index >= 15 is 0 Å². The number of anilines is 1. The highest BCUT2D eigenvalue weighted by molar-refractivity contribution is 6.25. The molecule has 8 nitrogen and oxygen atoms in total. The Morgan fingerprint density at radius 3 is 2.60 bits per heavy atom. The first kappa shape index (κ1) is 21.0. The fraction of sp³-hybridized carbons (Fsp3) is 0.273. The predicted molar refractivity (Wildman–Crippen MR) is 112 cm³/mol. The molecule has 1 amide bonds. The minimum atomic E-state index is -0.617. The van der Waals surface area contributed by atoms with Crippen LogP contribution in [0.4, 0.5) is 11.4 Å². The van der Waals surface area contributed by atoms with Crippen molar-refractivity contribution in [3.63, 3.8) is 0 Å². The second-order valence-corrected chi connectivity index (χ2v) is 6.94. The number of carbonyl (C=O) groups is 2. The van der Waals surface area contributed by atoms with Gasteiger partial charge in [-0.2, -0.15) is 0 Å². The summed E-state index contributed by atoms with van der Waals surface area (Å²) in [7, 11) is 0. The van der Waals surface area contributed by atoms with Crippen LogP contribution >= 0.6 is 0 Å². The van der Waals surface area contributed by atoms with Gasteiger partial charge in [-0.25, -0.2) is 0 Å². The second kappa shape index (κ2) is 8.77. The molecule has 8 heteroatoms. The third kappa shape index (κ3) is 4.65. The molecule has 0 unspecified atom stereocenters. The zero-order chi connectivity index (χ0) is 21.8. The highest BCUT2D eigenvalue weighted by Gasteiger charge is 2.23. The van der Waals surface area contributed by atoms with Crippen LogP contribution < -0.4 is 14.8 Å². The number of nitrogens with zero attached hydrogens (tertiary/aromatic N) is 1. The molecule has 0 aliphatic carbocycles. The quantitative estimate of drug-likeness (QED) is 0.244. The molecule has 0 aromatic heterocycles. The molecule has 1 aliphatic rings. The van der Waals surface area contributed by atoms with Crippen molar-refractivity contribution in [1.29, 1.82) is 0 Å². The van der Waals surface area contributed by atoms with Crippen LogP contribution in [0.5, 0.6) is 11.5 Å². The van der Waals surface area contributed by atoms with Gasteiger partial charge in [0.05, 0.1) is 17.1 Å². The number of nitro benzene ring substituents is 1. The van der Waals surface area contributed by atoms with Gasteiger partial charge in [-0.15, -0.1) is 0 Å². The van der Waals surface area contributed by atoms with Crippen molar-refractivity contribution < 1.29 is 24.0 Å². The minimum Gasteiger partial charge on any atom is -0.493 e. The van der Waals surface area contributed by atoms with E-state index in [0.717, 1.165) is 12.0 Å². The van der Waals surface area contributed by atoms with Crippen LogP contribution in [-0.2, 0) is 16.0 Å². The molecule has 1 heterocycles. The molecule has 0 radical (unpaired) electrons. The van der Waals surface area contributed by atoms with Crippen molar-refractivity contribution in [1.82, 2.24) is 0 Å². The highest BCUT2D eigenvalue weighted by Crippen LogP contribution is 2.36. The Labute approximate surface area is 173 Å². The van der Waals surface area contributed by atoms with Gasteiger partial charge in [-0.3, -0.25) is 19.7 Å². The maximum absolute atomic E-state index is 12.7. The summed E-state index contributed by atoms with van der Waals surface area (Å²) >= 11 is 0. The molecule has 1 aliphatic heterocycles. The lowest BCUT2D eigenvalue weighted by atomic mass is 10.0. The average molecular weight is 410 g/mol. The molecular weight excluding hydrogens is 388 g/mol. The van der Waals surface area contributed by atoms with E-state index in [9.17, 15) is 19.7 Å². The van der Waals surface area contributed by atoms with E-state index in [1.807, 2.05) is 19.9 Å². The molecule has 0 fully saturated rings. The molecule has 2 aromatic rings. The number of ketones is 1. The third-order valence-electron chi connectivity index (χ3n) is 4.59.